The molecule has 0 fully saturated rings. The SMILES string of the molecule is CCc1ccc2ccc(/C=C/[C@@H](C(=O)O)C(C)OSC)cc2n1. The number of pyridine rings is 1. The molecule has 0 saturated carbocycles. The molecule has 23 heavy (non-hydrogen) atoms. The van der Waals surface area contributed by atoms with Gasteiger partial charge in [0.05, 0.1) is 11.6 Å². The second-order valence-electron chi connectivity index (χ2n) is 5.30. The molecule has 1 N–H and O–H groups in total. The maximum Gasteiger partial charge on any atom is 0.313 e. The molecule has 0 radical (unpaired) electrons. The lowest BCUT2D eigenvalue weighted by molar-refractivity contribution is -0.142. The largest absolute Gasteiger partial charge is 0.481 e. The molecule has 1 heterocycles. The summed E-state index contributed by atoms with van der Waals surface area (Å²) in [7, 11) is 0. The van der Waals surface area contributed by atoms with Gasteiger partial charge >= 0.3 is 5.97 Å². The molecule has 5 heteroatoms. The van der Waals surface area contributed by atoms with Gasteiger partial charge in [-0.25, -0.2) is 0 Å². The van der Waals surface area contributed by atoms with Gasteiger partial charge in [-0.2, -0.15) is 0 Å². The summed E-state index contributed by atoms with van der Waals surface area (Å²) in [5.74, 6) is -1.58. The highest BCUT2D eigenvalue weighted by Crippen LogP contribution is 2.19. The predicted molar refractivity (Wildman–Crippen MR) is 95.3 cm³/mol. The summed E-state index contributed by atoms with van der Waals surface area (Å²) in [6.07, 6.45) is 5.76. The Bertz CT molecular complexity index is 714. The summed E-state index contributed by atoms with van der Waals surface area (Å²) in [4.78, 5) is 16.0. The van der Waals surface area contributed by atoms with E-state index in [0.717, 1.165) is 28.6 Å². The zero-order valence-corrected chi connectivity index (χ0v) is 14.3. The summed E-state index contributed by atoms with van der Waals surface area (Å²) in [5.41, 5.74) is 2.90. The molecule has 1 aromatic carbocycles. The first-order chi connectivity index (χ1) is 11.0. The fraction of sp³-hybridized carbons (Fsp3) is 0.333. The van der Waals surface area contributed by atoms with Crippen LogP contribution in [0.4, 0.5) is 0 Å². The monoisotopic (exact) mass is 331 g/mol. The van der Waals surface area contributed by atoms with E-state index in [2.05, 4.69) is 18.0 Å². The minimum absolute atomic E-state index is 0.399. The number of hydrogen-bond acceptors (Lipinski definition) is 4. The van der Waals surface area contributed by atoms with Crippen LogP contribution in [0.1, 0.15) is 25.1 Å². The Balaban J connectivity index is 2.26. The van der Waals surface area contributed by atoms with E-state index < -0.39 is 18.0 Å². The van der Waals surface area contributed by atoms with Gasteiger partial charge in [-0.3, -0.25) is 9.78 Å². The molecule has 0 spiro atoms. The van der Waals surface area contributed by atoms with Gasteiger partial charge in [0, 0.05) is 17.3 Å². The quantitative estimate of drug-likeness (QED) is 0.771. The third-order valence-corrected chi connectivity index (χ3v) is 4.17. The maximum atomic E-state index is 11.4. The molecule has 0 saturated heterocycles. The van der Waals surface area contributed by atoms with Crippen LogP contribution in [0.5, 0.6) is 0 Å². The molecule has 2 rings (SSSR count). The predicted octanol–water partition coefficient (Wildman–Crippen LogP) is 4.19. The highest BCUT2D eigenvalue weighted by molar-refractivity contribution is 7.93. The topological polar surface area (TPSA) is 59.4 Å². The number of carboxylic acid groups (broad SMARTS) is 1. The molecule has 0 aliphatic rings. The van der Waals surface area contributed by atoms with Crippen molar-refractivity contribution in [2.24, 2.45) is 5.92 Å². The lowest BCUT2D eigenvalue weighted by Crippen LogP contribution is -2.24. The van der Waals surface area contributed by atoms with Gasteiger partial charge in [-0.05, 0) is 43.1 Å². The number of aromatic nitrogens is 1. The van der Waals surface area contributed by atoms with Crippen LogP contribution in [0.3, 0.4) is 0 Å². The number of carbonyl (C=O) groups is 1. The lowest BCUT2D eigenvalue weighted by atomic mass is 10.0. The smallest absolute Gasteiger partial charge is 0.313 e. The van der Waals surface area contributed by atoms with E-state index in [4.69, 9.17) is 4.18 Å². The Kier molecular flexibility index (Phi) is 6.19. The third kappa shape index (κ3) is 4.56. The molecule has 1 unspecified atom stereocenters. The summed E-state index contributed by atoms with van der Waals surface area (Å²) in [6.45, 7) is 3.83. The van der Waals surface area contributed by atoms with Gasteiger partial charge in [-0.1, -0.05) is 37.3 Å². The Hall–Kier alpha value is -1.85. The van der Waals surface area contributed by atoms with E-state index in [1.54, 1.807) is 19.3 Å². The molecule has 2 aromatic rings. The van der Waals surface area contributed by atoms with Gasteiger partial charge < -0.3 is 9.29 Å². The maximum absolute atomic E-state index is 11.4. The number of rotatable bonds is 7. The molecule has 122 valence electrons. The van der Waals surface area contributed by atoms with Gasteiger partial charge in [-0.15, -0.1) is 0 Å². The zero-order valence-electron chi connectivity index (χ0n) is 13.5. The molecule has 0 bridgehead atoms. The van der Waals surface area contributed by atoms with Crippen molar-refractivity contribution >= 4 is 35.0 Å². The van der Waals surface area contributed by atoms with Crippen molar-refractivity contribution in [1.29, 1.82) is 0 Å². The Morgan fingerprint density at radius 2 is 2.13 bits per heavy atom. The highest BCUT2D eigenvalue weighted by atomic mass is 32.2. The van der Waals surface area contributed by atoms with Crippen molar-refractivity contribution in [2.45, 2.75) is 26.4 Å². The van der Waals surface area contributed by atoms with Gasteiger partial charge in [0.25, 0.3) is 0 Å². The minimum atomic E-state index is -0.894. The fourth-order valence-corrected chi connectivity index (χ4v) is 2.77. The van der Waals surface area contributed by atoms with Crippen LogP contribution in [0.15, 0.2) is 36.4 Å². The first-order valence-corrected chi connectivity index (χ1v) is 8.70. The van der Waals surface area contributed by atoms with E-state index in [9.17, 15) is 9.90 Å². The van der Waals surface area contributed by atoms with Crippen LogP contribution in [0.2, 0.25) is 0 Å². The van der Waals surface area contributed by atoms with E-state index in [0.29, 0.717) is 0 Å². The number of hydrogen-bond donors (Lipinski definition) is 1. The number of aliphatic carboxylic acids is 1. The summed E-state index contributed by atoms with van der Waals surface area (Å²) in [6, 6.07) is 10.0. The van der Waals surface area contributed by atoms with Gasteiger partial charge in [0.15, 0.2) is 0 Å². The van der Waals surface area contributed by atoms with Crippen molar-refractivity contribution < 1.29 is 14.1 Å². The summed E-state index contributed by atoms with van der Waals surface area (Å²) >= 11 is 1.18. The minimum Gasteiger partial charge on any atom is -0.481 e. The van der Waals surface area contributed by atoms with Crippen molar-refractivity contribution in [3.05, 3.63) is 47.7 Å². The van der Waals surface area contributed by atoms with E-state index in [1.165, 1.54) is 12.0 Å². The van der Waals surface area contributed by atoms with Gasteiger partial charge in [0.1, 0.15) is 5.92 Å². The van der Waals surface area contributed by atoms with E-state index in [1.807, 2.05) is 30.3 Å². The number of nitrogens with zero attached hydrogens (tertiary/aromatic N) is 1. The molecule has 0 aliphatic carbocycles. The lowest BCUT2D eigenvalue weighted by Gasteiger charge is -2.15. The normalized spacial score (nSPS) is 14.2. The summed E-state index contributed by atoms with van der Waals surface area (Å²) in [5, 5.41) is 10.4. The van der Waals surface area contributed by atoms with Crippen molar-refractivity contribution in [3.8, 4) is 0 Å². The van der Waals surface area contributed by atoms with Crippen molar-refractivity contribution in [1.82, 2.24) is 4.98 Å². The first kappa shape index (κ1) is 17.5. The molecule has 0 amide bonds. The fourth-order valence-electron chi connectivity index (χ4n) is 2.34. The van der Waals surface area contributed by atoms with Crippen LogP contribution < -0.4 is 0 Å². The van der Waals surface area contributed by atoms with Crippen LogP contribution >= 0.6 is 12.0 Å². The number of fused-ring (bicyclic) bond motifs is 1. The number of benzene rings is 1. The zero-order chi connectivity index (χ0) is 16.8. The van der Waals surface area contributed by atoms with Gasteiger partial charge in [0.2, 0.25) is 0 Å². The molecular formula is C18H21NO3S. The van der Waals surface area contributed by atoms with Crippen LogP contribution in [-0.4, -0.2) is 28.4 Å². The van der Waals surface area contributed by atoms with E-state index in [-0.39, 0.29) is 0 Å². The highest BCUT2D eigenvalue weighted by Gasteiger charge is 2.22. The van der Waals surface area contributed by atoms with Crippen LogP contribution in [0, 0.1) is 5.92 Å². The number of aryl methyl sites for hydroxylation is 1. The molecule has 1 aromatic heterocycles. The number of carboxylic acids is 1. The first-order valence-electron chi connectivity index (χ1n) is 7.55. The van der Waals surface area contributed by atoms with Crippen LogP contribution in [-0.2, 0) is 15.4 Å². The average Bonchev–Trinajstić information content (AvgIpc) is 2.54. The standard InChI is InChI=1S/C18H21NO3S/c1-4-15-9-8-14-7-5-13(11-17(14)19-15)6-10-16(18(20)21)12(2)22-23-3/h5-12,16H,4H2,1-3H3,(H,20,21)/b10-6+/t12?,16-/m1/s1. The Morgan fingerprint density at radius 1 is 1.39 bits per heavy atom. The molecular weight excluding hydrogens is 310 g/mol. The molecule has 4 nitrogen and oxygen atoms in total. The second-order valence-corrected chi connectivity index (χ2v) is 5.83. The Labute approximate surface area is 140 Å². The molecule has 2 atom stereocenters. The average molecular weight is 331 g/mol. The summed E-state index contributed by atoms with van der Waals surface area (Å²) < 4.78 is 5.33. The third-order valence-electron chi connectivity index (χ3n) is 3.67. The second kappa shape index (κ2) is 8.13. The molecule has 0 aliphatic heterocycles. The van der Waals surface area contributed by atoms with Crippen molar-refractivity contribution in [3.63, 3.8) is 0 Å². The van der Waals surface area contributed by atoms with E-state index >= 15 is 0 Å². The van der Waals surface area contributed by atoms with Crippen LogP contribution in [0.25, 0.3) is 17.0 Å². The van der Waals surface area contributed by atoms with Crippen molar-refractivity contribution in [2.75, 3.05) is 6.26 Å². The Morgan fingerprint density at radius 3 is 2.78 bits per heavy atom.